The third kappa shape index (κ3) is 13.2. The molecule has 0 heterocycles. The molecule has 4 atom stereocenters. The van der Waals surface area contributed by atoms with Gasteiger partial charge in [0.05, 0.1) is 6.61 Å². The first kappa shape index (κ1) is 34.9. The molecule has 0 fully saturated rings. The normalized spacial score (nSPS) is 15.1. The lowest BCUT2D eigenvalue weighted by molar-refractivity contribution is -0.157. The van der Waals surface area contributed by atoms with Gasteiger partial charge in [-0.3, -0.25) is 0 Å². The summed E-state index contributed by atoms with van der Waals surface area (Å²) < 4.78 is 17.8. The highest BCUT2D eigenvalue weighted by molar-refractivity contribution is 6.74. The number of rotatable bonds is 18. The summed E-state index contributed by atoms with van der Waals surface area (Å²) in [5, 5.41) is 2.68. The Bertz CT molecular complexity index is 852. The smallest absolute Gasteiger partial charge is 0.408 e. The Hall–Kier alpha value is -2.12. The van der Waals surface area contributed by atoms with Crippen LogP contribution in [-0.4, -0.2) is 39.1 Å². The molecule has 1 aromatic rings. The van der Waals surface area contributed by atoms with Crippen LogP contribution in [0.4, 0.5) is 4.79 Å². The summed E-state index contributed by atoms with van der Waals surface area (Å²) in [6.07, 6.45) is 9.12. The SMILES string of the molecule is C=C[C@@H](C)[C@@H](OC(=O)[C@H](CO[Si](C)(C)C(C)(C)C)NC(=O)OCc1ccccc1)[C@H](C)CCCCCCCC. The van der Waals surface area contributed by atoms with Crippen molar-refractivity contribution in [3.05, 3.63) is 48.6 Å². The van der Waals surface area contributed by atoms with Gasteiger partial charge in [0, 0.05) is 5.92 Å². The van der Waals surface area contributed by atoms with Crippen molar-refractivity contribution in [3.63, 3.8) is 0 Å². The monoisotopic (exact) mass is 561 g/mol. The number of ether oxygens (including phenoxy) is 2. The molecule has 1 amide bonds. The quantitative estimate of drug-likeness (QED) is 0.0842. The number of alkyl carbamates (subject to hydrolysis) is 1. The number of hydrogen-bond donors (Lipinski definition) is 1. The second-order valence-corrected chi connectivity index (χ2v) is 17.2. The molecule has 1 aromatic carbocycles. The van der Waals surface area contributed by atoms with Gasteiger partial charge in [0.15, 0.2) is 14.4 Å². The van der Waals surface area contributed by atoms with Gasteiger partial charge in [-0.05, 0) is 36.0 Å². The number of unbranched alkanes of at least 4 members (excludes halogenated alkanes) is 5. The van der Waals surface area contributed by atoms with Crippen LogP contribution in [0.2, 0.25) is 18.1 Å². The van der Waals surface area contributed by atoms with E-state index in [0.29, 0.717) is 0 Å². The van der Waals surface area contributed by atoms with E-state index in [2.05, 4.69) is 59.6 Å². The first-order valence-corrected chi connectivity index (χ1v) is 17.7. The van der Waals surface area contributed by atoms with Gasteiger partial charge >= 0.3 is 12.1 Å². The second kappa shape index (κ2) is 17.5. The van der Waals surface area contributed by atoms with Crippen molar-refractivity contribution in [2.24, 2.45) is 11.8 Å². The Morgan fingerprint density at radius 1 is 1.03 bits per heavy atom. The summed E-state index contributed by atoms with van der Waals surface area (Å²) in [6.45, 7) is 21.1. The minimum Gasteiger partial charge on any atom is -0.460 e. The van der Waals surface area contributed by atoms with Crippen molar-refractivity contribution in [1.29, 1.82) is 0 Å². The third-order valence-electron chi connectivity index (χ3n) is 7.92. The van der Waals surface area contributed by atoms with Gasteiger partial charge < -0.3 is 19.2 Å². The van der Waals surface area contributed by atoms with Crippen LogP contribution in [0.5, 0.6) is 0 Å². The lowest BCUT2D eigenvalue weighted by Gasteiger charge is -2.37. The van der Waals surface area contributed by atoms with Crippen LogP contribution in [0.25, 0.3) is 0 Å². The Balaban J connectivity index is 2.92. The number of amides is 1. The van der Waals surface area contributed by atoms with Gasteiger partial charge in [-0.1, -0.05) is 116 Å². The maximum atomic E-state index is 13.5. The zero-order valence-electron chi connectivity index (χ0n) is 25.9. The molecule has 0 aromatic heterocycles. The molecule has 0 aliphatic rings. The van der Waals surface area contributed by atoms with E-state index in [1.165, 1.54) is 32.1 Å². The summed E-state index contributed by atoms with van der Waals surface area (Å²) in [4.78, 5) is 26.2. The molecule has 0 aliphatic heterocycles. The highest BCUT2D eigenvalue weighted by Crippen LogP contribution is 2.36. The summed E-state index contributed by atoms with van der Waals surface area (Å²) in [6, 6.07) is 8.47. The van der Waals surface area contributed by atoms with E-state index >= 15 is 0 Å². The zero-order chi connectivity index (χ0) is 29.5. The van der Waals surface area contributed by atoms with Crippen LogP contribution in [0.1, 0.15) is 92.1 Å². The molecule has 0 saturated heterocycles. The predicted octanol–water partition coefficient (Wildman–Crippen LogP) is 8.42. The van der Waals surface area contributed by atoms with Crippen LogP contribution in [0, 0.1) is 11.8 Å². The van der Waals surface area contributed by atoms with E-state index in [1.54, 1.807) is 0 Å². The molecule has 0 saturated carbocycles. The average molecular weight is 562 g/mol. The van der Waals surface area contributed by atoms with Crippen molar-refractivity contribution >= 4 is 20.4 Å². The Morgan fingerprint density at radius 3 is 2.23 bits per heavy atom. The van der Waals surface area contributed by atoms with Crippen LogP contribution in [-0.2, 0) is 25.3 Å². The molecule has 7 heteroatoms. The summed E-state index contributed by atoms with van der Waals surface area (Å²) in [5.41, 5.74) is 0.868. The van der Waals surface area contributed by atoms with Crippen LogP contribution in [0.15, 0.2) is 43.0 Å². The van der Waals surface area contributed by atoms with Gasteiger partial charge in [0.25, 0.3) is 0 Å². The minimum absolute atomic E-state index is 0.0176. The standard InChI is InChI=1S/C32H55NO5Si/c1-10-12-13-14-15-17-20-26(4)29(25(3)11-2)38-30(34)28(24-37-39(8,9)32(5,6)7)33-31(35)36-23-27-21-18-16-19-22-27/h11,16,18-19,21-22,25-26,28-29H,2,10,12-15,17,20,23-24H2,1,3-9H3,(H,33,35)/t25-,26-,28+,29-/m1/s1. The van der Waals surface area contributed by atoms with E-state index in [0.717, 1.165) is 18.4 Å². The number of benzene rings is 1. The molecule has 39 heavy (non-hydrogen) atoms. The fraction of sp³-hybridized carbons (Fsp3) is 0.688. The fourth-order valence-corrected chi connectivity index (χ4v) is 5.10. The molecule has 1 rings (SSSR count). The van der Waals surface area contributed by atoms with Crippen molar-refractivity contribution in [2.45, 2.75) is 123 Å². The van der Waals surface area contributed by atoms with Crippen molar-refractivity contribution in [3.8, 4) is 0 Å². The molecule has 0 spiro atoms. The third-order valence-corrected chi connectivity index (χ3v) is 12.4. The molecular formula is C32H55NO5Si. The van der Waals surface area contributed by atoms with Gasteiger partial charge in [0.2, 0.25) is 0 Å². The Labute approximate surface area is 239 Å². The number of carbonyl (C=O) groups is 2. The number of esters is 1. The minimum atomic E-state index is -2.17. The van der Waals surface area contributed by atoms with Crippen LogP contribution >= 0.6 is 0 Å². The predicted molar refractivity (Wildman–Crippen MR) is 163 cm³/mol. The molecule has 0 aliphatic carbocycles. The summed E-state index contributed by atoms with van der Waals surface area (Å²) >= 11 is 0. The highest BCUT2D eigenvalue weighted by Gasteiger charge is 2.39. The first-order valence-electron chi connectivity index (χ1n) is 14.8. The van der Waals surface area contributed by atoms with E-state index in [-0.39, 0.29) is 36.2 Å². The van der Waals surface area contributed by atoms with Gasteiger partial charge in [-0.15, -0.1) is 6.58 Å². The molecule has 6 nitrogen and oxygen atoms in total. The number of carbonyl (C=O) groups excluding carboxylic acids is 2. The lowest BCUT2D eigenvalue weighted by Crippen LogP contribution is -2.51. The molecule has 0 bridgehead atoms. The van der Waals surface area contributed by atoms with Crippen molar-refractivity contribution in [1.82, 2.24) is 5.32 Å². The summed E-state index contributed by atoms with van der Waals surface area (Å²) in [5.74, 6) is -0.352. The highest BCUT2D eigenvalue weighted by atomic mass is 28.4. The van der Waals surface area contributed by atoms with Crippen LogP contribution < -0.4 is 5.32 Å². The van der Waals surface area contributed by atoms with E-state index in [1.807, 2.05) is 43.3 Å². The molecule has 0 unspecified atom stereocenters. The molecule has 1 N–H and O–H groups in total. The lowest BCUT2D eigenvalue weighted by atomic mass is 9.89. The zero-order valence-corrected chi connectivity index (χ0v) is 26.9. The molecular weight excluding hydrogens is 506 g/mol. The Morgan fingerprint density at radius 2 is 1.64 bits per heavy atom. The largest absolute Gasteiger partial charge is 0.460 e. The van der Waals surface area contributed by atoms with Crippen molar-refractivity contribution in [2.75, 3.05) is 6.61 Å². The van der Waals surface area contributed by atoms with Gasteiger partial charge in [0.1, 0.15) is 12.7 Å². The van der Waals surface area contributed by atoms with Crippen molar-refractivity contribution < 1.29 is 23.5 Å². The molecule has 222 valence electrons. The number of nitrogens with one attached hydrogen (secondary N) is 1. The summed E-state index contributed by atoms with van der Waals surface area (Å²) in [7, 11) is -2.17. The average Bonchev–Trinajstić information content (AvgIpc) is 2.89. The maximum Gasteiger partial charge on any atom is 0.408 e. The van der Waals surface area contributed by atoms with E-state index in [4.69, 9.17) is 13.9 Å². The Kier molecular flexibility index (Phi) is 15.7. The van der Waals surface area contributed by atoms with E-state index < -0.39 is 26.4 Å². The fourth-order valence-electron chi connectivity index (χ4n) is 4.09. The van der Waals surface area contributed by atoms with Gasteiger partial charge in [-0.25, -0.2) is 9.59 Å². The first-order chi connectivity index (χ1) is 18.3. The second-order valence-electron chi connectivity index (χ2n) is 12.4. The van der Waals surface area contributed by atoms with Crippen LogP contribution in [0.3, 0.4) is 0 Å². The van der Waals surface area contributed by atoms with Gasteiger partial charge in [-0.2, -0.15) is 0 Å². The topological polar surface area (TPSA) is 73.9 Å². The number of hydrogen-bond acceptors (Lipinski definition) is 5. The molecule has 0 radical (unpaired) electrons. The maximum absolute atomic E-state index is 13.5. The van der Waals surface area contributed by atoms with E-state index in [9.17, 15) is 9.59 Å².